The van der Waals surface area contributed by atoms with Crippen LogP contribution in [0.25, 0.3) is 10.9 Å². The zero-order chi connectivity index (χ0) is 25.9. The Morgan fingerprint density at radius 3 is 2.51 bits per heavy atom. The van der Waals surface area contributed by atoms with E-state index in [1.54, 1.807) is 24.4 Å². The fourth-order valence-corrected chi connectivity index (χ4v) is 4.45. The smallest absolute Gasteiger partial charge is 0.313 e. The Bertz CT molecular complexity index is 1510. The molecule has 0 aliphatic heterocycles. The summed E-state index contributed by atoms with van der Waals surface area (Å²) in [6.45, 7) is 0. The Morgan fingerprint density at radius 2 is 1.70 bits per heavy atom. The van der Waals surface area contributed by atoms with Crippen molar-refractivity contribution in [2.75, 3.05) is 19.5 Å². The fourth-order valence-electron chi connectivity index (χ4n) is 4.45. The molecule has 5 rings (SSSR count). The SMILES string of the molecule is COc1cc2nccc(Oc3ccc(F)cc3NC(=O)C(=O)NC3CCc4ccccc43)c2cc1OC. The molecule has 4 aromatic rings. The number of fused-ring (bicyclic) bond motifs is 2. The number of anilines is 1. The van der Waals surface area contributed by atoms with E-state index in [4.69, 9.17) is 14.2 Å². The van der Waals surface area contributed by atoms with Gasteiger partial charge in [-0.05, 0) is 48.2 Å². The Kier molecular flexibility index (Phi) is 6.59. The van der Waals surface area contributed by atoms with Crippen molar-refractivity contribution in [3.63, 3.8) is 0 Å². The van der Waals surface area contributed by atoms with Crippen LogP contribution in [0.15, 0.2) is 66.9 Å². The number of ether oxygens (including phenoxy) is 3. The van der Waals surface area contributed by atoms with Crippen molar-refractivity contribution in [2.24, 2.45) is 0 Å². The number of carbonyl (C=O) groups excluding carboxylic acids is 2. The van der Waals surface area contributed by atoms with Gasteiger partial charge in [-0.2, -0.15) is 0 Å². The fraction of sp³-hybridized carbons (Fsp3) is 0.179. The quantitative estimate of drug-likeness (QED) is 0.364. The molecule has 1 aromatic heterocycles. The van der Waals surface area contributed by atoms with Crippen LogP contribution < -0.4 is 24.8 Å². The maximum Gasteiger partial charge on any atom is 0.313 e. The molecular weight excluding hydrogens is 477 g/mol. The van der Waals surface area contributed by atoms with Crippen molar-refractivity contribution < 1.29 is 28.2 Å². The summed E-state index contributed by atoms with van der Waals surface area (Å²) in [5, 5.41) is 5.86. The average Bonchev–Trinajstić information content (AvgIpc) is 3.32. The van der Waals surface area contributed by atoms with Crippen molar-refractivity contribution >= 4 is 28.4 Å². The molecule has 1 atom stereocenters. The van der Waals surface area contributed by atoms with Gasteiger partial charge in [0.15, 0.2) is 17.2 Å². The number of pyridine rings is 1. The highest BCUT2D eigenvalue weighted by molar-refractivity contribution is 6.39. The molecule has 2 N–H and O–H groups in total. The second-order valence-electron chi connectivity index (χ2n) is 8.49. The molecule has 37 heavy (non-hydrogen) atoms. The molecule has 1 heterocycles. The van der Waals surface area contributed by atoms with E-state index in [0.717, 1.165) is 23.6 Å². The maximum atomic E-state index is 14.1. The number of halogens is 1. The Morgan fingerprint density at radius 1 is 0.919 bits per heavy atom. The molecular formula is C28H24FN3O5. The molecule has 1 aliphatic rings. The van der Waals surface area contributed by atoms with Crippen LogP contribution in [0.3, 0.4) is 0 Å². The van der Waals surface area contributed by atoms with Crippen LogP contribution in [0.2, 0.25) is 0 Å². The van der Waals surface area contributed by atoms with Crippen molar-refractivity contribution in [2.45, 2.75) is 18.9 Å². The van der Waals surface area contributed by atoms with Gasteiger partial charge < -0.3 is 24.8 Å². The maximum absolute atomic E-state index is 14.1. The topological polar surface area (TPSA) is 98.8 Å². The van der Waals surface area contributed by atoms with Crippen LogP contribution in [0.4, 0.5) is 10.1 Å². The van der Waals surface area contributed by atoms with Crippen LogP contribution in [0, 0.1) is 5.82 Å². The lowest BCUT2D eigenvalue weighted by molar-refractivity contribution is -0.136. The normalized spacial score (nSPS) is 14.1. The third kappa shape index (κ3) is 4.88. The zero-order valence-electron chi connectivity index (χ0n) is 20.2. The molecule has 3 aromatic carbocycles. The lowest BCUT2D eigenvalue weighted by Crippen LogP contribution is -2.37. The van der Waals surface area contributed by atoms with Gasteiger partial charge in [0, 0.05) is 23.7 Å². The summed E-state index contributed by atoms with van der Waals surface area (Å²) in [6, 6.07) is 16.3. The highest BCUT2D eigenvalue weighted by atomic mass is 19.1. The third-order valence-corrected chi connectivity index (χ3v) is 6.26. The van der Waals surface area contributed by atoms with Gasteiger partial charge in [-0.1, -0.05) is 24.3 Å². The van der Waals surface area contributed by atoms with E-state index in [-0.39, 0.29) is 17.5 Å². The van der Waals surface area contributed by atoms with E-state index in [0.29, 0.717) is 34.6 Å². The van der Waals surface area contributed by atoms with E-state index < -0.39 is 17.6 Å². The first-order valence-corrected chi connectivity index (χ1v) is 11.6. The Balaban J connectivity index is 1.38. The molecule has 0 fully saturated rings. The van der Waals surface area contributed by atoms with Gasteiger partial charge in [0.1, 0.15) is 11.6 Å². The number of benzene rings is 3. The second-order valence-corrected chi connectivity index (χ2v) is 8.49. The minimum Gasteiger partial charge on any atom is -0.493 e. The largest absolute Gasteiger partial charge is 0.493 e. The summed E-state index contributed by atoms with van der Waals surface area (Å²) in [6.07, 6.45) is 3.08. The molecule has 2 amide bonds. The number of nitrogens with zero attached hydrogens (tertiary/aromatic N) is 1. The van der Waals surface area contributed by atoms with Gasteiger partial charge in [-0.15, -0.1) is 0 Å². The van der Waals surface area contributed by atoms with Crippen LogP contribution in [-0.2, 0) is 16.0 Å². The van der Waals surface area contributed by atoms with E-state index in [9.17, 15) is 14.0 Å². The van der Waals surface area contributed by atoms with Crippen molar-refractivity contribution in [1.29, 1.82) is 0 Å². The van der Waals surface area contributed by atoms with E-state index >= 15 is 0 Å². The summed E-state index contributed by atoms with van der Waals surface area (Å²) in [5.41, 5.74) is 2.74. The van der Waals surface area contributed by atoms with Gasteiger partial charge in [0.05, 0.1) is 31.5 Å². The first kappa shape index (κ1) is 24.1. The molecule has 9 heteroatoms. The molecule has 188 valence electrons. The highest BCUT2D eigenvalue weighted by Crippen LogP contribution is 2.38. The predicted molar refractivity (Wildman–Crippen MR) is 136 cm³/mol. The first-order valence-electron chi connectivity index (χ1n) is 11.6. The molecule has 8 nitrogen and oxygen atoms in total. The number of rotatable bonds is 6. The molecule has 0 saturated carbocycles. The van der Waals surface area contributed by atoms with Gasteiger partial charge in [-0.3, -0.25) is 14.6 Å². The second kappa shape index (κ2) is 10.1. The van der Waals surface area contributed by atoms with E-state index in [1.807, 2.05) is 24.3 Å². The molecule has 0 spiro atoms. The number of nitrogens with one attached hydrogen (secondary N) is 2. The lowest BCUT2D eigenvalue weighted by Gasteiger charge is -2.16. The number of aromatic nitrogens is 1. The molecule has 0 saturated heterocycles. The third-order valence-electron chi connectivity index (χ3n) is 6.26. The summed E-state index contributed by atoms with van der Waals surface area (Å²) < 4.78 is 30.9. The first-order chi connectivity index (χ1) is 18.0. The Labute approximate surface area is 212 Å². The zero-order valence-corrected chi connectivity index (χ0v) is 20.2. The Hall–Kier alpha value is -4.66. The molecule has 0 radical (unpaired) electrons. The summed E-state index contributed by atoms with van der Waals surface area (Å²) in [7, 11) is 3.04. The van der Waals surface area contributed by atoms with Crippen LogP contribution in [0.5, 0.6) is 23.0 Å². The van der Waals surface area contributed by atoms with Gasteiger partial charge in [-0.25, -0.2) is 4.39 Å². The number of amides is 2. The van der Waals surface area contributed by atoms with Crippen LogP contribution in [-0.4, -0.2) is 31.0 Å². The summed E-state index contributed by atoms with van der Waals surface area (Å²) >= 11 is 0. The van der Waals surface area contributed by atoms with E-state index in [2.05, 4.69) is 15.6 Å². The molecule has 1 unspecified atom stereocenters. The number of hydrogen-bond acceptors (Lipinski definition) is 6. The number of methoxy groups -OCH3 is 2. The predicted octanol–water partition coefficient (Wildman–Crippen LogP) is 4.93. The van der Waals surface area contributed by atoms with Crippen molar-refractivity contribution in [1.82, 2.24) is 10.3 Å². The van der Waals surface area contributed by atoms with Gasteiger partial charge in [0.25, 0.3) is 0 Å². The van der Waals surface area contributed by atoms with Crippen molar-refractivity contribution in [3.8, 4) is 23.0 Å². The molecule has 1 aliphatic carbocycles. The van der Waals surface area contributed by atoms with Gasteiger partial charge >= 0.3 is 11.8 Å². The van der Waals surface area contributed by atoms with Crippen LogP contribution >= 0.6 is 0 Å². The molecule has 0 bridgehead atoms. The monoisotopic (exact) mass is 501 g/mol. The summed E-state index contributed by atoms with van der Waals surface area (Å²) in [4.78, 5) is 29.8. The average molecular weight is 502 g/mol. The summed E-state index contributed by atoms with van der Waals surface area (Å²) in [5.74, 6) is -0.820. The van der Waals surface area contributed by atoms with E-state index in [1.165, 1.54) is 26.4 Å². The highest BCUT2D eigenvalue weighted by Gasteiger charge is 2.26. The van der Waals surface area contributed by atoms with Crippen molar-refractivity contribution in [3.05, 3.63) is 83.8 Å². The lowest BCUT2D eigenvalue weighted by atomic mass is 10.1. The number of carbonyl (C=O) groups is 2. The van der Waals surface area contributed by atoms with Crippen LogP contribution in [0.1, 0.15) is 23.6 Å². The minimum absolute atomic E-state index is 0.0115. The standard InChI is InChI=1S/C28H24FN3O5/c1-35-25-14-19-21(15-26(25)36-2)30-12-11-23(19)37-24-10-8-17(29)13-22(24)32-28(34)27(33)31-20-9-7-16-5-3-4-6-18(16)20/h3-6,8,10-15,20H,7,9H2,1-2H3,(H,31,33)(H,32,34). The minimum atomic E-state index is -0.925. The number of aryl methyl sites for hydroxylation is 1. The van der Waals surface area contributed by atoms with Gasteiger partial charge in [0.2, 0.25) is 0 Å². The number of hydrogen-bond donors (Lipinski definition) is 2.